The van der Waals surface area contributed by atoms with Crippen molar-refractivity contribution < 1.29 is 0 Å². The van der Waals surface area contributed by atoms with Gasteiger partial charge in [0.05, 0.1) is 5.03 Å². The van der Waals surface area contributed by atoms with Gasteiger partial charge in [0.15, 0.2) is 0 Å². The molecule has 348 valence electrons. The molecule has 0 saturated heterocycles. The van der Waals surface area contributed by atoms with Crippen LogP contribution in [0.5, 0.6) is 0 Å². The number of fused-ring (bicyclic) bond motifs is 8. The molecule has 11 rings (SSSR count). The van der Waals surface area contributed by atoms with Gasteiger partial charge in [0, 0.05) is 33.7 Å². The van der Waals surface area contributed by atoms with Gasteiger partial charge in [-0.05, 0) is 206 Å². The number of nitrogens with zero attached hydrogens (tertiary/aromatic N) is 2. The van der Waals surface area contributed by atoms with Gasteiger partial charge in [-0.2, -0.15) is 0 Å². The molecule has 0 radical (unpaired) electrons. The number of aryl methyl sites for hydroxylation is 2. The van der Waals surface area contributed by atoms with Crippen LogP contribution in [-0.4, -0.2) is 12.0 Å². The minimum absolute atomic E-state index is 0.0925. The smallest absolute Gasteiger partial charge is 0.248 e. The van der Waals surface area contributed by atoms with E-state index in [9.17, 15) is 0 Å². The fourth-order valence-electron chi connectivity index (χ4n) is 14.8. The molecule has 2 unspecified atom stereocenters. The van der Waals surface area contributed by atoms with Crippen LogP contribution in [0.3, 0.4) is 0 Å². The first-order valence-corrected chi connectivity index (χ1v) is 27.0. The molecule has 2 atom stereocenters. The van der Waals surface area contributed by atoms with Crippen LogP contribution in [0.15, 0.2) is 65.1 Å². The van der Waals surface area contributed by atoms with E-state index in [4.69, 9.17) is 0 Å². The third-order valence-corrected chi connectivity index (χ3v) is 21.6. The number of rotatable bonds is 2. The molecule has 2 nitrogen and oxygen atoms in total. The van der Waals surface area contributed by atoms with Crippen molar-refractivity contribution in [1.29, 1.82) is 0 Å². The summed E-state index contributed by atoms with van der Waals surface area (Å²) in [4.78, 5) is 5.63. The van der Waals surface area contributed by atoms with E-state index in [2.05, 4.69) is 201 Å². The molecule has 0 N–H and O–H groups in total. The Morgan fingerprint density at radius 2 is 0.909 bits per heavy atom. The minimum Gasteiger partial charge on any atom is -0.311 e. The van der Waals surface area contributed by atoms with Crippen LogP contribution in [0.2, 0.25) is 0 Å². The molecule has 1 saturated carbocycles. The van der Waals surface area contributed by atoms with Crippen molar-refractivity contribution in [2.45, 2.75) is 214 Å². The molecule has 4 aromatic carbocycles. The van der Waals surface area contributed by atoms with Gasteiger partial charge >= 0.3 is 0 Å². The third kappa shape index (κ3) is 6.26. The van der Waals surface area contributed by atoms with Crippen LogP contribution in [-0.2, 0) is 32.5 Å². The Hall–Kier alpha value is -3.37. The molecule has 4 aromatic rings. The lowest BCUT2D eigenvalue weighted by molar-refractivity contribution is 0.0926. The topological polar surface area (TPSA) is 6.48 Å². The maximum absolute atomic E-state index is 2.85. The highest BCUT2D eigenvalue weighted by Crippen LogP contribution is 2.66. The van der Waals surface area contributed by atoms with Crippen LogP contribution in [0.4, 0.5) is 28.4 Å². The number of thioether (sulfide) groups is 1. The molecule has 3 aliphatic heterocycles. The zero-order chi connectivity index (χ0) is 47.4. The molecule has 4 aliphatic carbocycles. The Bertz CT molecular complexity index is 2810. The van der Waals surface area contributed by atoms with Crippen LogP contribution in [0.1, 0.15) is 207 Å². The van der Waals surface area contributed by atoms with Crippen LogP contribution in [0.25, 0.3) is 0 Å². The first-order chi connectivity index (χ1) is 30.5. The SMILES string of the molecule is Cc1cc2c3c(c1)N(c1ccc4c(c1)C(C)(C)CCC4(C)C)c1cc4c(cc1B3C1=C(SC3C1C(C)(C)CCC3(C)C)N2c1cc2c(cc1C)C(C)(C)CCC2(C)C)C(C)(C)CCC4(C)C. The Morgan fingerprint density at radius 3 is 1.47 bits per heavy atom. The van der Waals surface area contributed by atoms with Gasteiger partial charge in [-0.1, -0.05) is 134 Å². The van der Waals surface area contributed by atoms with Crippen LogP contribution < -0.4 is 20.7 Å². The van der Waals surface area contributed by atoms with E-state index < -0.39 is 0 Å². The van der Waals surface area contributed by atoms with Gasteiger partial charge in [-0.15, -0.1) is 11.8 Å². The van der Waals surface area contributed by atoms with Crippen LogP contribution >= 0.6 is 11.8 Å². The normalized spacial score (nSPS) is 26.9. The maximum atomic E-state index is 2.85. The molecule has 4 heteroatoms. The van der Waals surface area contributed by atoms with Gasteiger partial charge in [0.1, 0.15) is 0 Å². The predicted octanol–water partition coefficient (Wildman–Crippen LogP) is 16.2. The Balaban J connectivity index is 1.27. The summed E-state index contributed by atoms with van der Waals surface area (Å²) in [5, 5.41) is 2.04. The van der Waals surface area contributed by atoms with Crippen molar-refractivity contribution in [1.82, 2.24) is 0 Å². The average molecular weight is 897 g/mol. The van der Waals surface area contributed by atoms with Gasteiger partial charge < -0.3 is 9.80 Å². The van der Waals surface area contributed by atoms with Crippen molar-refractivity contribution in [3.05, 3.63) is 110 Å². The van der Waals surface area contributed by atoms with Gasteiger partial charge in [-0.25, -0.2) is 0 Å². The lowest BCUT2D eigenvalue weighted by atomic mass is 9.29. The first kappa shape index (κ1) is 45.1. The van der Waals surface area contributed by atoms with Gasteiger partial charge in [0.2, 0.25) is 6.71 Å². The number of hydrogen-bond donors (Lipinski definition) is 0. The largest absolute Gasteiger partial charge is 0.311 e. The zero-order valence-corrected chi connectivity index (χ0v) is 45.2. The lowest BCUT2D eigenvalue weighted by Crippen LogP contribution is -2.59. The summed E-state index contributed by atoms with van der Waals surface area (Å²) in [7, 11) is 0. The molecule has 3 heterocycles. The Morgan fingerprint density at radius 1 is 0.455 bits per heavy atom. The number of benzene rings is 4. The second-order valence-corrected chi connectivity index (χ2v) is 29.4. The monoisotopic (exact) mass is 897 g/mol. The van der Waals surface area contributed by atoms with Crippen molar-refractivity contribution in [3.63, 3.8) is 0 Å². The maximum Gasteiger partial charge on any atom is 0.248 e. The summed E-state index contributed by atoms with van der Waals surface area (Å²) in [6.45, 7) is 45.5. The van der Waals surface area contributed by atoms with Crippen LogP contribution in [0, 0.1) is 30.6 Å². The summed E-state index contributed by atoms with van der Waals surface area (Å²) < 4.78 is 0. The molecule has 0 spiro atoms. The highest BCUT2D eigenvalue weighted by atomic mass is 32.2. The molecule has 1 fully saturated rings. The second-order valence-electron chi connectivity index (χ2n) is 28.2. The lowest BCUT2D eigenvalue weighted by Gasteiger charge is -2.52. The molecule has 66 heavy (non-hydrogen) atoms. The molecule has 0 amide bonds. The number of hydrogen-bond acceptors (Lipinski definition) is 3. The molecule has 7 aliphatic rings. The highest BCUT2D eigenvalue weighted by Gasteiger charge is 2.60. The summed E-state index contributed by atoms with van der Waals surface area (Å²) in [6, 6.07) is 23.7. The molecular formula is C62H81BN2S. The van der Waals surface area contributed by atoms with Crippen molar-refractivity contribution >= 4 is 57.8 Å². The highest BCUT2D eigenvalue weighted by molar-refractivity contribution is 8.04. The summed E-state index contributed by atoms with van der Waals surface area (Å²) in [5.74, 6) is 0.455. The van der Waals surface area contributed by atoms with Crippen molar-refractivity contribution in [2.24, 2.45) is 16.7 Å². The van der Waals surface area contributed by atoms with Crippen molar-refractivity contribution in [2.75, 3.05) is 9.80 Å². The van der Waals surface area contributed by atoms with Gasteiger partial charge in [-0.3, -0.25) is 0 Å². The fraction of sp³-hybridized carbons (Fsp3) is 0.581. The fourth-order valence-corrected chi connectivity index (χ4v) is 16.8. The third-order valence-electron chi connectivity index (χ3n) is 19.8. The van der Waals surface area contributed by atoms with Crippen molar-refractivity contribution in [3.8, 4) is 0 Å². The molecule has 0 aromatic heterocycles. The molecular weight excluding hydrogens is 816 g/mol. The number of anilines is 5. The average Bonchev–Trinajstić information content (AvgIpc) is 3.65. The quantitative estimate of drug-likeness (QED) is 0.185. The Labute approximate surface area is 405 Å². The number of allylic oxidation sites excluding steroid dienone is 1. The molecule has 0 bridgehead atoms. The van der Waals surface area contributed by atoms with E-state index in [1.54, 1.807) is 27.7 Å². The van der Waals surface area contributed by atoms with E-state index in [0.717, 1.165) is 0 Å². The van der Waals surface area contributed by atoms with E-state index >= 15 is 0 Å². The van der Waals surface area contributed by atoms with E-state index in [-0.39, 0.29) is 50.0 Å². The summed E-state index contributed by atoms with van der Waals surface area (Å²) >= 11 is 2.26. The minimum atomic E-state index is 0.0925. The standard InChI is InChI=1S/C62H81BN2S/c1-36-29-48-51-49(30-36)65(46-34-43-40(31-37(46)2)56(5,6)23-25-59(43,11)12)54-52(50-53(66-54)62(17,18)28-27-61(50,15)16)63(51)45-33-42-44(60(13,14)26-24-58(42,9)10)35-47(45)64(48)38-19-20-39-41(32-38)57(7,8)22-21-55(39,3)4/h19-20,29-35,50,53H,21-28H2,1-18H3. The summed E-state index contributed by atoms with van der Waals surface area (Å²) in [5.41, 5.74) is 24.8. The predicted molar refractivity (Wildman–Crippen MR) is 289 cm³/mol. The van der Waals surface area contributed by atoms with Gasteiger partial charge in [0.25, 0.3) is 0 Å². The summed E-state index contributed by atoms with van der Waals surface area (Å²) in [6.07, 6.45) is 9.81. The second kappa shape index (κ2) is 13.7. The van der Waals surface area contributed by atoms with E-state index in [1.807, 2.05) is 0 Å². The first-order valence-electron chi connectivity index (χ1n) is 26.1. The van der Waals surface area contributed by atoms with E-state index in [1.165, 1.54) is 118 Å². The zero-order valence-electron chi connectivity index (χ0n) is 44.4. The van der Waals surface area contributed by atoms with E-state index in [0.29, 0.717) is 11.2 Å². The Kier molecular flexibility index (Phi) is 9.36.